The Morgan fingerprint density at radius 2 is 1.96 bits per heavy atom. The summed E-state index contributed by atoms with van der Waals surface area (Å²) in [6.07, 6.45) is 7.32. The molecule has 136 valence electrons. The maximum atomic E-state index is 11.2. The van der Waals surface area contributed by atoms with E-state index < -0.39 is 10.1 Å². The molecule has 0 bridgehead atoms. The van der Waals surface area contributed by atoms with E-state index in [9.17, 15) is 8.42 Å². The van der Waals surface area contributed by atoms with Crippen LogP contribution >= 0.6 is 0 Å². The standard InChI is InChI=1S/C16H27N3O4S/c1-24(20,21)23-11-8-19-12-15(13-4-9-22-10-5-13)18-16(19)14-2-6-17-7-3-14/h12-14,17H,2-11H2,1H3. The Bertz CT molecular complexity index is 632. The summed E-state index contributed by atoms with van der Waals surface area (Å²) >= 11 is 0. The van der Waals surface area contributed by atoms with Crippen molar-refractivity contribution in [1.29, 1.82) is 0 Å². The highest BCUT2D eigenvalue weighted by atomic mass is 32.2. The van der Waals surface area contributed by atoms with Gasteiger partial charge in [-0.1, -0.05) is 0 Å². The summed E-state index contributed by atoms with van der Waals surface area (Å²) < 4.78 is 34.9. The first kappa shape index (κ1) is 17.8. The fraction of sp³-hybridized carbons (Fsp3) is 0.812. The molecule has 0 radical (unpaired) electrons. The second-order valence-corrected chi connectivity index (χ2v) is 8.30. The molecule has 2 aliphatic rings. The minimum atomic E-state index is -3.41. The number of hydrogen-bond donors (Lipinski definition) is 1. The van der Waals surface area contributed by atoms with E-state index in [0.717, 1.165) is 69.8 Å². The molecule has 0 spiro atoms. The van der Waals surface area contributed by atoms with Crippen molar-refractivity contribution in [2.24, 2.45) is 0 Å². The van der Waals surface area contributed by atoms with E-state index in [2.05, 4.69) is 16.1 Å². The van der Waals surface area contributed by atoms with E-state index in [0.29, 0.717) is 18.4 Å². The molecular weight excluding hydrogens is 330 g/mol. The zero-order valence-corrected chi connectivity index (χ0v) is 15.1. The third kappa shape index (κ3) is 4.78. The first-order valence-electron chi connectivity index (χ1n) is 8.73. The van der Waals surface area contributed by atoms with Gasteiger partial charge >= 0.3 is 0 Å². The number of hydrogen-bond acceptors (Lipinski definition) is 6. The molecule has 8 heteroatoms. The zero-order chi connectivity index (χ0) is 17.0. The lowest BCUT2D eigenvalue weighted by Crippen LogP contribution is -2.28. The van der Waals surface area contributed by atoms with Crippen LogP contribution in [0, 0.1) is 0 Å². The van der Waals surface area contributed by atoms with Crippen LogP contribution < -0.4 is 5.32 Å². The van der Waals surface area contributed by atoms with Gasteiger partial charge in [0.1, 0.15) is 5.82 Å². The number of nitrogens with zero attached hydrogens (tertiary/aromatic N) is 2. The highest BCUT2D eigenvalue weighted by molar-refractivity contribution is 7.85. The van der Waals surface area contributed by atoms with Crippen LogP contribution in [0.15, 0.2) is 6.20 Å². The molecule has 1 aromatic heterocycles. The lowest BCUT2D eigenvalue weighted by atomic mass is 9.96. The van der Waals surface area contributed by atoms with E-state index in [4.69, 9.17) is 13.9 Å². The van der Waals surface area contributed by atoms with Gasteiger partial charge in [-0.25, -0.2) is 4.98 Å². The molecular formula is C16H27N3O4S. The quantitative estimate of drug-likeness (QED) is 0.771. The van der Waals surface area contributed by atoms with Gasteiger partial charge in [0.25, 0.3) is 10.1 Å². The molecule has 0 atom stereocenters. The predicted octanol–water partition coefficient (Wildman–Crippen LogP) is 1.22. The van der Waals surface area contributed by atoms with Gasteiger partial charge in [-0.15, -0.1) is 0 Å². The Kier molecular flexibility index (Phi) is 5.91. The van der Waals surface area contributed by atoms with Crippen molar-refractivity contribution in [3.05, 3.63) is 17.7 Å². The number of aromatic nitrogens is 2. The van der Waals surface area contributed by atoms with Crippen molar-refractivity contribution in [2.45, 2.75) is 44.1 Å². The molecule has 0 saturated carbocycles. The summed E-state index contributed by atoms with van der Waals surface area (Å²) in [5.74, 6) is 1.95. The molecule has 24 heavy (non-hydrogen) atoms. The van der Waals surface area contributed by atoms with Gasteiger partial charge in [-0.05, 0) is 38.8 Å². The van der Waals surface area contributed by atoms with Crippen molar-refractivity contribution in [3.8, 4) is 0 Å². The van der Waals surface area contributed by atoms with Crippen LogP contribution in [0.2, 0.25) is 0 Å². The van der Waals surface area contributed by atoms with E-state index >= 15 is 0 Å². The van der Waals surface area contributed by atoms with Crippen LogP contribution in [0.1, 0.15) is 49.0 Å². The molecule has 1 N–H and O–H groups in total. The number of rotatable bonds is 6. The molecule has 3 rings (SSSR count). The second-order valence-electron chi connectivity index (χ2n) is 6.65. The lowest BCUT2D eigenvalue weighted by molar-refractivity contribution is 0.0845. The zero-order valence-electron chi connectivity index (χ0n) is 14.2. The van der Waals surface area contributed by atoms with Crippen molar-refractivity contribution in [1.82, 2.24) is 14.9 Å². The van der Waals surface area contributed by atoms with Gasteiger partial charge in [0.15, 0.2) is 0 Å². The first-order valence-corrected chi connectivity index (χ1v) is 10.5. The smallest absolute Gasteiger partial charge is 0.264 e. The molecule has 0 unspecified atom stereocenters. The van der Waals surface area contributed by atoms with E-state index in [1.807, 2.05) is 0 Å². The monoisotopic (exact) mass is 357 g/mol. The Labute approximate surface area is 143 Å². The Morgan fingerprint density at radius 3 is 2.62 bits per heavy atom. The van der Waals surface area contributed by atoms with E-state index in [-0.39, 0.29) is 6.61 Å². The Morgan fingerprint density at radius 1 is 1.25 bits per heavy atom. The average molecular weight is 357 g/mol. The van der Waals surface area contributed by atoms with Crippen LogP contribution in [-0.4, -0.2) is 57.1 Å². The summed E-state index contributed by atoms with van der Waals surface area (Å²) in [5, 5.41) is 3.38. The summed E-state index contributed by atoms with van der Waals surface area (Å²) in [7, 11) is -3.41. The lowest BCUT2D eigenvalue weighted by Gasteiger charge is -2.23. The number of piperidine rings is 1. The van der Waals surface area contributed by atoms with Gasteiger partial charge in [0.2, 0.25) is 0 Å². The molecule has 2 fully saturated rings. The molecule has 2 aliphatic heterocycles. The number of nitrogens with one attached hydrogen (secondary N) is 1. The van der Waals surface area contributed by atoms with Crippen LogP contribution in [-0.2, 0) is 25.6 Å². The van der Waals surface area contributed by atoms with Gasteiger partial charge in [0, 0.05) is 37.8 Å². The highest BCUT2D eigenvalue weighted by Gasteiger charge is 2.25. The molecule has 2 saturated heterocycles. The summed E-state index contributed by atoms with van der Waals surface area (Å²) in [5.41, 5.74) is 1.12. The topological polar surface area (TPSA) is 82.5 Å². The summed E-state index contributed by atoms with van der Waals surface area (Å²) in [6.45, 7) is 4.26. The van der Waals surface area contributed by atoms with Crippen LogP contribution in [0.5, 0.6) is 0 Å². The number of ether oxygens (including phenoxy) is 1. The Hall–Kier alpha value is -0.960. The predicted molar refractivity (Wildman–Crippen MR) is 90.7 cm³/mol. The van der Waals surface area contributed by atoms with Gasteiger partial charge in [0.05, 0.1) is 18.6 Å². The fourth-order valence-electron chi connectivity index (χ4n) is 3.51. The van der Waals surface area contributed by atoms with Crippen molar-refractivity contribution in [3.63, 3.8) is 0 Å². The normalized spacial score (nSPS) is 21.2. The third-order valence-corrected chi connectivity index (χ3v) is 5.39. The maximum Gasteiger partial charge on any atom is 0.264 e. The van der Waals surface area contributed by atoms with Gasteiger partial charge < -0.3 is 14.6 Å². The largest absolute Gasteiger partial charge is 0.381 e. The van der Waals surface area contributed by atoms with Gasteiger partial charge in [-0.2, -0.15) is 8.42 Å². The Balaban J connectivity index is 1.76. The molecule has 0 aliphatic carbocycles. The molecule has 0 amide bonds. The molecule has 3 heterocycles. The van der Waals surface area contributed by atoms with Crippen molar-refractivity contribution < 1.29 is 17.3 Å². The molecule has 1 aromatic rings. The minimum Gasteiger partial charge on any atom is -0.381 e. The number of imidazole rings is 1. The highest BCUT2D eigenvalue weighted by Crippen LogP contribution is 2.30. The van der Waals surface area contributed by atoms with Gasteiger partial charge in [-0.3, -0.25) is 4.18 Å². The average Bonchev–Trinajstić information content (AvgIpc) is 2.99. The summed E-state index contributed by atoms with van der Waals surface area (Å²) in [4.78, 5) is 4.95. The van der Waals surface area contributed by atoms with E-state index in [1.54, 1.807) is 0 Å². The fourth-order valence-corrected chi connectivity index (χ4v) is 3.89. The van der Waals surface area contributed by atoms with Crippen molar-refractivity contribution >= 4 is 10.1 Å². The van der Waals surface area contributed by atoms with Crippen molar-refractivity contribution in [2.75, 3.05) is 39.2 Å². The minimum absolute atomic E-state index is 0.153. The second kappa shape index (κ2) is 7.95. The van der Waals surface area contributed by atoms with Crippen LogP contribution in [0.4, 0.5) is 0 Å². The van der Waals surface area contributed by atoms with E-state index in [1.165, 1.54) is 0 Å². The SMILES string of the molecule is CS(=O)(=O)OCCn1cc(C2CCOCC2)nc1C1CCNCC1. The first-order chi connectivity index (χ1) is 11.5. The summed E-state index contributed by atoms with van der Waals surface area (Å²) in [6, 6.07) is 0. The van der Waals surface area contributed by atoms with Crippen LogP contribution in [0.3, 0.4) is 0 Å². The molecule has 7 nitrogen and oxygen atoms in total. The maximum absolute atomic E-state index is 11.2. The third-order valence-electron chi connectivity index (χ3n) is 4.80. The molecule has 0 aromatic carbocycles. The van der Waals surface area contributed by atoms with Crippen LogP contribution in [0.25, 0.3) is 0 Å².